The molecular weight excluding hydrogens is 196 g/mol. The maximum atomic E-state index is 4.35. The summed E-state index contributed by atoms with van der Waals surface area (Å²) < 4.78 is 0. The summed E-state index contributed by atoms with van der Waals surface area (Å²) in [6, 6.07) is 10.1. The summed E-state index contributed by atoms with van der Waals surface area (Å²) in [6.07, 6.45) is 7.89. The molecule has 0 saturated heterocycles. The summed E-state index contributed by atoms with van der Waals surface area (Å²) in [4.78, 5) is 0. The van der Waals surface area contributed by atoms with E-state index in [4.69, 9.17) is 0 Å². The van der Waals surface area contributed by atoms with Crippen LogP contribution in [0.4, 0.5) is 5.69 Å². The quantitative estimate of drug-likeness (QED) is 0.424. The zero-order valence-corrected chi connectivity index (χ0v) is 10.1. The molecule has 0 atom stereocenters. The van der Waals surface area contributed by atoms with E-state index in [-0.39, 0.29) is 0 Å². The number of hydrogen-bond acceptors (Lipinski definition) is 2. The van der Waals surface area contributed by atoms with E-state index in [1.165, 1.54) is 0 Å². The monoisotopic (exact) mass is 214 g/mol. The Morgan fingerprint density at radius 1 is 1.25 bits per heavy atom. The predicted octanol–water partition coefficient (Wildman–Crippen LogP) is 3.63. The largest absolute Gasteiger partial charge is 0.269 e. The number of anilines is 1. The molecule has 0 fully saturated rings. The van der Waals surface area contributed by atoms with Crippen LogP contribution in [0.5, 0.6) is 0 Å². The predicted molar refractivity (Wildman–Crippen MR) is 71.9 cm³/mol. The minimum absolute atomic E-state index is 1.08. The Labute approximate surface area is 97.6 Å². The van der Waals surface area contributed by atoms with E-state index in [9.17, 15) is 0 Å². The molecule has 1 rings (SSSR count). The molecule has 0 bridgehead atoms. The Bertz CT molecular complexity index is 388. The molecule has 2 nitrogen and oxygen atoms in total. The average Bonchev–Trinajstić information content (AvgIpc) is 2.34. The number of hydrogen-bond donors (Lipinski definition) is 0. The van der Waals surface area contributed by atoms with Crippen LogP contribution in [0, 0.1) is 0 Å². The number of nitrogens with zero attached hydrogens (tertiary/aromatic N) is 2. The molecule has 16 heavy (non-hydrogen) atoms. The number of para-hydroxylation sites is 1. The maximum Gasteiger partial charge on any atom is 0.0590 e. The molecule has 2 heteroatoms. The first-order valence-corrected chi connectivity index (χ1v) is 5.36. The highest BCUT2D eigenvalue weighted by Crippen LogP contribution is 2.10. The van der Waals surface area contributed by atoms with Crippen molar-refractivity contribution >= 4 is 11.9 Å². The minimum atomic E-state index is 1.08. The second-order valence-electron chi connectivity index (χ2n) is 3.54. The van der Waals surface area contributed by atoms with Gasteiger partial charge in [-0.3, -0.25) is 5.01 Å². The van der Waals surface area contributed by atoms with E-state index >= 15 is 0 Å². The summed E-state index contributed by atoms with van der Waals surface area (Å²) >= 11 is 0. The number of allylic oxidation sites excluding steroid dienone is 4. The SMILES string of the molecule is C/C=C\C=C(/C)C=NN(C)c1ccccc1. The molecule has 1 aromatic carbocycles. The first-order chi connectivity index (χ1) is 7.74. The lowest BCUT2D eigenvalue weighted by atomic mass is 10.3. The van der Waals surface area contributed by atoms with Gasteiger partial charge in [-0.2, -0.15) is 5.10 Å². The average molecular weight is 214 g/mol. The Morgan fingerprint density at radius 2 is 1.94 bits per heavy atom. The van der Waals surface area contributed by atoms with Crippen molar-refractivity contribution in [3.8, 4) is 0 Å². The van der Waals surface area contributed by atoms with Crippen LogP contribution in [-0.2, 0) is 0 Å². The van der Waals surface area contributed by atoms with Crippen LogP contribution in [0.2, 0.25) is 0 Å². The first kappa shape index (κ1) is 12.2. The Kier molecular flexibility index (Phi) is 5.06. The normalized spacial score (nSPS) is 12.6. The molecule has 0 radical (unpaired) electrons. The molecule has 0 heterocycles. The van der Waals surface area contributed by atoms with Gasteiger partial charge in [0, 0.05) is 7.05 Å². The van der Waals surface area contributed by atoms with Crippen LogP contribution in [0.15, 0.2) is 59.2 Å². The van der Waals surface area contributed by atoms with Crippen LogP contribution in [-0.4, -0.2) is 13.3 Å². The van der Waals surface area contributed by atoms with Gasteiger partial charge in [0.1, 0.15) is 0 Å². The molecular formula is C14H18N2. The molecule has 0 spiro atoms. The fraction of sp³-hybridized carbons (Fsp3) is 0.214. The van der Waals surface area contributed by atoms with E-state index in [1.54, 1.807) is 0 Å². The van der Waals surface area contributed by atoms with Gasteiger partial charge in [0.2, 0.25) is 0 Å². The summed E-state index contributed by atoms with van der Waals surface area (Å²) in [5.41, 5.74) is 2.21. The summed E-state index contributed by atoms with van der Waals surface area (Å²) in [7, 11) is 1.94. The molecule has 0 saturated carbocycles. The van der Waals surface area contributed by atoms with E-state index in [1.807, 2.05) is 80.7 Å². The molecule has 0 aliphatic carbocycles. The molecule has 0 aromatic heterocycles. The van der Waals surface area contributed by atoms with E-state index < -0.39 is 0 Å². The zero-order valence-electron chi connectivity index (χ0n) is 10.1. The summed E-state index contributed by atoms with van der Waals surface area (Å²) in [5, 5.41) is 6.21. The fourth-order valence-electron chi connectivity index (χ4n) is 1.18. The maximum absolute atomic E-state index is 4.35. The van der Waals surface area contributed by atoms with Crippen molar-refractivity contribution in [1.29, 1.82) is 0 Å². The lowest BCUT2D eigenvalue weighted by molar-refractivity contribution is 1.02. The van der Waals surface area contributed by atoms with Crippen LogP contribution < -0.4 is 5.01 Å². The second kappa shape index (κ2) is 6.62. The topological polar surface area (TPSA) is 15.6 Å². The Balaban J connectivity index is 2.64. The van der Waals surface area contributed by atoms with E-state index in [0.29, 0.717) is 0 Å². The fourth-order valence-corrected chi connectivity index (χ4v) is 1.18. The van der Waals surface area contributed by atoms with Gasteiger partial charge in [-0.05, 0) is 31.6 Å². The van der Waals surface area contributed by atoms with Crippen molar-refractivity contribution in [1.82, 2.24) is 0 Å². The van der Waals surface area contributed by atoms with Crippen molar-refractivity contribution in [2.45, 2.75) is 13.8 Å². The van der Waals surface area contributed by atoms with Gasteiger partial charge in [-0.25, -0.2) is 0 Å². The highest BCUT2D eigenvalue weighted by Gasteiger charge is 1.94. The van der Waals surface area contributed by atoms with Crippen molar-refractivity contribution in [2.24, 2.45) is 5.10 Å². The number of benzene rings is 1. The van der Waals surface area contributed by atoms with Crippen molar-refractivity contribution < 1.29 is 0 Å². The van der Waals surface area contributed by atoms with Crippen LogP contribution in [0.3, 0.4) is 0 Å². The van der Waals surface area contributed by atoms with E-state index in [2.05, 4.69) is 5.10 Å². The first-order valence-electron chi connectivity index (χ1n) is 5.36. The van der Waals surface area contributed by atoms with Crippen LogP contribution in [0.1, 0.15) is 13.8 Å². The molecule has 1 aromatic rings. The number of hydrazone groups is 1. The third-order valence-corrected chi connectivity index (χ3v) is 2.12. The molecule has 0 unspecified atom stereocenters. The van der Waals surface area contributed by atoms with Gasteiger partial charge in [-0.15, -0.1) is 0 Å². The highest BCUT2D eigenvalue weighted by molar-refractivity contribution is 5.79. The third kappa shape index (κ3) is 4.13. The summed E-state index contributed by atoms with van der Waals surface area (Å²) in [6.45, 7) is 4.03. The number of rotatable bonds is 4. The zero-order chi connectivity index (χ0) is 11.8. The van der Waals surface area contributed by atoms with Crippen LogP contribution >= 0.6 is 0 Å². The Hall–Kier alpha value is -1.83. The highest BCUT2D eigenvalue weighted by atomic mass is 15.4. The van der Waals surface area contributed by atoms with Crippen molar-refractivity contribution in [3.05, 3.63) is 54.1 Å². The van der Waals surface area contributed by atoms with Gasteiger partial charge in [0.05, 0.1) is 11.9 Å². The van der Waals surface area contributed by atoms with Gasteiger partial charge in [0.15, 0.2) is 0 Å². The van der Waals surface area contributed by atoms with Crippen molar-refractivity contribution in [2.75, 3.05) is 12.1 Å². The minimum Gasteiger partial charge on any atom is -0.269 e. The van der Waals surface area contributed by atoms with Gasteiger partial charge < -0.3 is 0 Å². The smallest absolute Gasteiger partial charge is 0.0590 e. The van der Waals surface area contributed by atoms with Gasteiger partial charge in [-0.1, -0.05) is 36.4 Å². The van der Waals surface area contributed by atoms with Gasteiger partial charge in [0.25, 0.3) is 0 Å². The Morgan fingerprint density at radius 3 is 2.56 bits per heavy atom. The van der Waals surface area contributed by atoms with E-state index in [0.717, 1.165) is 11.3 Å². The van der Waals surface area contributed by atoms with Gasteiger partial charge >= 0.3 is 0 Å². The third-order valence-electron chi connectivity index (χ3n) is 2.12. The lowest BCUT2D eigenvalue weighted by Crippen LogP contribution is -2.08. The lowest BCUT2D eigenvalue weighted by Gasteiger charge is -2.11. The molecule has 0 aliphatic heterocycles. The summed E-state index contributed by atoms with van der Waals surface area (Å²) in [5.74, 6) is 0. The standard InChI is InChI=1S/C14H18N2/c1-4-5-9-13(2)12-15-16(3)14-10-7-6-8-11-14/h4-12H,1-3H3/b5-4-,13-9+,15-12?. The molecule has 0 amide bonds. The molecule has 84 valence electrons. The molecule has 0 aliphatic rings. The van der Waals surface area contributed by atoms with Crippen molar-refractivity contribution in [3.63, 3.8) is 0 Å². The second-order valence-corrected chi connectivity index (χ2v) is 3.54. The van der Waals surface area contributed by atoms with Crippen LogP contribution in [0.25, 0.3) is 0 Å². The molecule has 0 N–H and O–H groups in total.